The Labute approximate surface area is 352 Å². The Kier molecular flexibility index (Phi) is 12.7. The number of H-pyrrole nitrogens is 2. The fourth-order valence-electron chi connectivity index (χ4n) is 7.17. The third-order valence-electron chi connectivity index (χ3n) is 10.2. The molecule has 6 rings (SSSR count). The number of amides is 4. The number of carbonyl (C=O) groups excluding carboxylic acids is 4. The highest BCUT2D eigenvalue weighted by atomic mass is 16.6. The highest BCUT2D eigenvalue weighted by Crippen LogP contribution is 2.32. The van der Waals surface area contributed by atoms with E-state index in [4.69, 9.17) is 14.5 Å². The first kappa shape index (κ1) is 43.4. The first-order valence-electron chi connectivity index (χ1n) is 20.5. The van der Waals surface area contributed by atoms with Gasteiger partial charge in [0.05, 0.1) is 17.6 Å². The SMILES string of the molecule is CC(C)[C@H](NC(=O)OC(C)(C)C)C(=O)N1CC=C[C@H]1c1nc(-c2ccc(-c3ccc(-c4cnc([C@@H]5C=CCN5C(=O)[C@@H](NC(=O)OC(C)(C)C)C(C)C)[nH]4)cc3)cc2)c[nH]1. The Balaban J connectivity index is 1.09. The molecule has 4 atom stereocenters. The first-order valence-corrected chi connectivity index (χ1v) is 20.5. The van der Waals surface area contributed by atoms with Crippen LogP contribution in [0.4, 0.5) is 9.59 Å². The molecular weight excluding hydrogens is 761 g/mol. The Morgan fingerprint density at radius 2 is 1.10 bits per heavy atom. The molecule has 0 unspecified atom stereocenters. The van der Waals surface area contributed by atoms with Gasteiger partial charge in [-0.05, 0) is 70.1 Å². The second-order valence-electron chi connectivity index (χ2n) is 18.0. The molecule has 4 aromatic rings. The summed E-state index contributed by atoms with van der Waals surface area (Å²) in [6.45, 7) is 19.1. The molecule has 2 aromatic carbocycles. The molecule has 14 nitrogen and oxygen atoms in total. The molecule has 60 heavy (non-hydrogen) atoms. The van der Waals surface area contributed by atoms with Gasteiger partial charge in [0.1, 0.15) is 47.0 Å². The van der Waals surface area contributed by atoms with Gasteiger partial charge in [-0.1, -0.05) is 101 Å². The number of aromatic nitrogens is 4. The van der Waals surface area contributed by atoms with E-state index in [0.717, 1.165) is 33.6 Å². The van der Waals surface area contributed by atoms with Crippen LogP contribution in [0.15, 0.2) is 85.2 Å². The molecule has 4 amide bonds. The molecule has 0 bridgehead atoms. The lowest BCUT2D eigenvalue weighted by molar-refractivity contribution is -0.135. The largest absolute Gasteiger partial charge is 0.444 e. The van der Waals surface area contributed by atoms with Crippen molar-refractivity contribution < 1.29 is 28.7 Å². The lowest BCUT2D eigenvalue weighted by atomic mass is 10.0. The van der Waals surface area contributed by atoms with Crippen molar-refractivity contribution in [3.8, 4) is 33.6 Å². The second kappa shape index (κ2) is 17.6. The lowest BCUT2D eigenvalue weighted by Gasteiger charge is -2.31. The van der Waals surface area contributed by atoms with Gasteiger partial charge in [-0.15, -0.1) is 0 Å². The van der Waals surface area contributed by atoms with E-state index in [1.165, 1.54) is 0 Å². The van der Waals surface area contributed by atoms with Gasteiger partial charge in [-0.2, -0.15) is 0 Å². The summed E-state index contributed by atoms with van der Waals surface area (Å²) in [6, 6.07) is 14.0. The molecule has 4 N–H and O–H groups in total. The van der Waals surface area contributed by atoms with Crippen LogP contribution in [0.2, 0.25) is 0 Å². The van der Waals surface area contributed by atoms with Crippen molar-refractivity contribution in [1.29, 1.82) is 0 Å². The number of carbonyl (C=O) groups is 4. The van der Waals surface area contributed by atoms with Gasteiger partial charge in [0.15, 0.2) is 0 Å². The summed E-state index contributed by atoms with van der Waals surface area (Å²) >= 11 is 0. The second-order valence-corrected chi connectivity index (χ2v) is 18.0. The van der Waals surface area contributed by atoms with Crippen LogP contribution in [0, 0.1) is 11.8 Å². The minimum absolute atomic E-state index is 0.156. The molecule has 0 aliphatic carbocycles. The van der Waals surface area contributed by atoms with E-state index in [-0.39, 0.29) is 23.7 Å². The van der Waals surface area contributed by atoms with Crippen LogP contribution < -0.4 is 10.6 Å². The summed E-state index contributed by atoms with van der Waals surface area (Å²) in [5, 5.41) is 5.54. The predicted molar refractivity (Wildman–Crippen MR) is 230 cm³/mol. The number of rotatable bonds is 11. The van der Waals surface area contributed by atoms with Crippen LogP contribution in [0.25, 0.3) is 33.6 Å². The molecule has 2 aliphatic rings. The van der Waals surface area contributed by atoms with Crippen LogP contribution in [0.5, 0.6) is 0 Å². The highest BCUT2D eigenvalue weighted by molar-refractivity contribution is 5.88. The quantitative estimate of drug-likeness (QED) is 0.110. The Morgan fingerprint density at radius 3 is 1.55 bits per heavy atom. The number of benzene rings is 2. The van der Waals surface area contributed by atoms with Crippen LogP contribution in [0.3, 0.4) is 0 Å². The minimum Gasteiger partial charge on any atom is -0.444 e. The number of alkyl carbamates (subject to hydrolysis) is 2. The van der Waals surface area contributed by atoms with Crippen molar-refractivity contribution in [3.05, 3.63) is 96.9 Å². The Hall–Kier alpha value is -6.18. The van der Waals surface area contributed by atoms with Gasteiger partial charge in [0.25, 0.3) is 0 Å². The van der Waals surface area contributed by atoms with E-state index in [1.54, 1.807) is 57.5 Å². The topological polar surface area (TPSA) is 175 Å². The van der Waals surface area contributed by atoms with Crippen molar-refractivity contribution in [3.63, 3.8) is 0 Å². The van der Waals surface area contributed by atoms with E-state index in [2.05, 4.69) is 37.7 Å². The molecule has 4 heterocycles. The van der Waals surface area contributed by atoms with Crippen LogP contribution >= 0.6 is 0 Å². The van der Waals surface area contributed by atoms with E-state index >= 15 is 0 Å². The standard InChI is InChI=1S/C46H58N8O6/c1-27(2)37(51-43(57)59-45(5,6)7)41(55)53-23-11-13-35(53)39-47-25-33(49-39)31-19-15-29(16-20-31)30-17-21-32(22-18-30)34-26-48-40(50-34)36-14-12-24-54(36)42(56)38(28(3)4)52-44(58)60-46(8,9)10/h11-22,25-28,35-38H,23-24H2,1-10H3,(H,47,49)(H,48,50)(H,51,57)(H,52,58)/t35-,36-,37-,38-/m0/s1. The number of ether oxygens (including phenoxy) is 2. The number of hydrogen-bond donors (Lipinski definition) is 4. The van der Waals surface area contributed by atoms with Gasteiger partial charge < -0.3 is 39.9 Å². The summed E-state index contributed by atoms with van der Waals surface area (Å²) in [7, 11) is 0. The molecule has 2 aromatic heterocycles. The van der Waals surface area contributed by atoms with Crippen molar-refractivity contribution in [1.82, 2.24) is 40.4 Å². The van der Waals surface area contributed by atoms with Crippen LogP contribution in [-0.2, 0) is 19.1 Å². The summed E-state index contributed by atoms with van der Waals surface area (Å²) in [5.41, 5.74) is 4.13. The van der Waals surface area contributed by atoms with E-state index < -0.39 is 47.6 Å². The number of nitrogens with one attached hydrogen (secondary N) is 4. The molecule has 0 saturated heterocycles. The van der Waals surface area contributed by atoms with E-state index in [9.17, 15) is 19.2 Å². The average Bonchev–Trinajstić information content (AvgIpc) is 4.01. The summed E-state index contributed by atoms with van der Waals surface area (Å²) in [5.74, 6) is 0.539. The van der Waals surface area contributed by atoms with E-state index in [0.29, 0.717) is 24.7 Å². The van der Waals surface area contributed by atoms with Gasteiger partial charge in [0, 0.05) is 24.8 Å². The van der Waals surface area contributed by atoms with Crippen molar-refractivity contribution in [2.45, 2.75) is 105 Å². The zero-order chi connectivity index (χ0) is 43.5. The summed E-state index contributed by atoms with van der Waals surface area (Å²) in [6.07, 6.45) is 10.1. The maximum atomic E-state index is 13.7. The number of nitrogens with zero attached hydrogens (tertiary/aromatic N) is 4. The third-order valence-corrected chi connectivity index (χ3v) is 10.2. The highest BCUT2D eigenvalue weighted by Gasteiger charge is 2.37. The zero-order valence-electron chi connectivity index (χ0n) is 36.2. The smallest absolute Gasteiger partial charge is 0.408 e. The van der Waals surface area contributed by atoms with Gasteiger partial charge >= 0.3 is 12.2 Å². The monoisotopic (exact) mass is 818 g/mol. The molecule has 2 aliphatic heterocycles. The van der Waals surface area contributed by atoms with Crippen molar-refractivity contribution in [2.24, 2.45) is 11.8 Å². The van der Waals surface area contributed by atoms with E-state index in [1.807, 2.05) is 94.6 Å². The maximum absolute atomic E-state index is 13.7. The maximum Gasteiger partial charge on any atom is 0.408 e. The molecule has 0 saturated carbocycles. The Morgan fingerprint density at radius 1 is 0.667 bits per heavy atom. The van der Waals surface area contributed by atoms with Crippen molar-refractivity contribution >= 4 is 24.0 Å². The normalized spacial score (nSPS) is 17.6. The van der Waals surface area contributed by atoms with Gasteiger partial charge in [-0.25, -0.2) is 19.6 Å². The molecule has 0 spiro atoms. The fraction of sp³-hybridized carbons (Fsp3) is 0.435. The first-order chi connectivity index (χ1) is 28.3. The average molecular weight is 819 g/mol. The van der Waals surface area contributed by atoms with Gasteiger partial charge in [-0.3, -0.25) is 9.59 Å². The van der Waals surface area contributed by atoms with Crippen LogP contribution in [0.1, 0.15) is 93.0 Å². The molecule has 318 valence electrons. The number of imidazole rings is 2. The van der Waals surface area contributed by atoms with Gasteiger partial charge in [0.2, 0.25) is 11.8 Å². The fourth-order valence-corrected chi connectivity index (χ4v) is 7.17. The summed E-state index contributed by atoms with van der Waals surface area (Å²) in [4.78, 5) is 72.3. The Bertz CT molecular complexity index is 2060. The summed E-state index contributed by atoms with van der Waals surface area (Å²) < 4.78 is 10.9. The molecular formula is C46H58N8O6. The third kappa shape index (κ3) is 10.3. The molecule has 14 heteroatoms. The predicted octanol–water partition coefficient (Wildman–Crippen LogP) is 8.11. The molecule has 0 radical (unpaired) electrons. The number of aromatic amines is 2. The minimum atomic E-state index is -0.757. The molecule has 0 fully saturated rings. The lowest BCUT2D eigenvalue weighted by Crippen LogP contribution is -2.52. The van der Waals surface area contributed by atoms with Crippen molar-refractivity contribution in [2.75, 3.05) is 13.1 Å². The zero-order valence-corrected chi connectivity index (χ0v) is 36.2. The number of hydrogen-bond acceptors (Lipinski definition) is 8. The van der Waals surface area contributed by atoms with Crippen LogP contribution in [-0.4, -0.2) is 90.1 Å².